The average Bonchev–Trinajstić information content (AvgIpc) is 3.54. The number of rotatable bonds is 7. The number of amides is 2. The van der Waals surface area contributed by atoms with Gasteiger partial charge < -0.3 is 18.4 Å². The van der Waals surface area contributed by atoms with Crippen molar-refractivity contribution in [3.05, 3.63) is 59.2 Å². The maximum absolute atomic E-state index is 13.2. The first kappa shape index (κ1) is 20.4. The van der Waals surface area contributed by atoms with Crippen molar-refractivity contribution in [3.63, 3.8) is 0 Å². The summed E-state index contributed by atoms with van der Waals surface area (Å²) in [6.45, 7) is 1.92. The molecule has 0 aromatic heterocycles. The Hall–Kier alpha value is -2.29. The van der Waals surface area contributed by atoms with Gasteiger partial charge in [0.05, 0.1) is 12.5 Å². The van der Waals surface area contributed by atoms with Gasteiger partial charge in [-0.3, -0.25) is 9.59 Å². The Labute approximate surface area is 178 Å². The number of carbonyl (C=O) groups excluding carboxylic acids is 2. The average molecular weight is 494 g/mol. The number of hydrogen-bond donors (Lipinski definition) is 2. The molecule has 7 heteroatoms. The van der Waals surface area contributed by atoms with Gasteiger partial charge in [-0.2, -0.15) is 0 Å². The maximum Gasteiger partial charge on any atom is 0.246 e. The number of methoxy groups -OCH3 is 1. The van der Waals surface area contributed by atoms with Crippen LogP contribution in [-0.4, -0.2) is 26.0 Å². The first-order valence-corrected chi connectivity index (χ1v) is 9.89. The molecule has 1 unspecified atom stereocenters. The highest BCUT2D eigenvalue weighted by molar-refractivity contribution is 14.1. The van der Waals surface area contributed by atoms with Crippen molar-refractivity contribution in [2.75, 3.05) is 14.2 Å². The highest BCUT2D eigenvalue weighted by Gasteiger charge is 2.52. The highest BCUT2D eigenvalue weighted by Crippen LogP contribution is 2.49. The molecule has 2 aromatic carbocycles. The molecule has 1 fully saturated rings. The van der Waals surface area contributed by atoms with Crippen LogP contribution in [0.25, 0.3) is 0 Å². The van der Waals surface area contributed by atoms with Gasteiger partial charge in [-0.05, 0) is 54.7 Å². The Morgan fingerprint density at radius 3 is 2.36 bits per heavy atom. The molecule has 1 aliphatic carbocycles. The first-order valence-electron chi connectivity index (χ1n) is 9.01. The Morgan fingerprint density at radius 1 is 1.14 bits per heavy atom. The molecule has 2 amide bonds. The van der Waals surface area contributed by atoms with Gasteiger partial charge in [0, 0.05) is 7.05 Å². The van der Waals surface area contributed by atoms with Crippen LogP contribution in [0, 0.1) is 6.92 Å². The van der Waals surface area contributed by atoms with Gasteiger partial charge in [-0.1, -0.05) is 24.3 Å². The lowest BCUT2D eigenvalue weighted by Crippen LogP contribution is -2.43. The van der Waals surface area contributed by atoms with Gasteiger partial charge in [-0.25, -0.2) is 0 Å². The van der Waals surface area contributed by atoms with Crippen LogP contribution in [0.5, 0.6) is 11.5 Å². The number of carbonyl (C=O) groups is 2. The molecule has 1 saturated carbocycles. The van der Waals surface area contributed by atoms with E-state index in [2.05, 4.69) is 10.6 Å². The van der Waals surface area contributed by atoms with Gasteiger partial charge in [0.2, 0.25) is 11.8 Å². The van der Waals surface area contributed by atoms with E-state index in [4.69, 9.17) is 7.80 Å². The van der Waals surface area contributed by atoms with E-state index in [1.54, 1.807) is 20.2 Å². The SMILES string of the molecule is CNC(=O)C(NC(=O)C1(c2ccc(OC)cc2)CC1)c1ccc(C)c(OI)c1. The summed E-state index contributed by atoms with van der Waals surface area (Å²) < 4.78 is 10.5. The summed E-state index contributed by atoms with van der Waals surface area (Å²) in [6, 6.07) is 12.2. The second kappa shape index (κ2) is 8.38. The third-order valence-corrected chi connectivity index (χ3v) is 5.71. The molecule has 0 saturated heterocycles. The lowest BCUT2D eigenvalue weighted by molar-refractivity contribution is -0.130. The predicted molar refractivity (Wildman–Crippen MR) is 115 cm³/mol. The van der Waals surface area contributed by atoms with Crippen LogP contribution in [0.1, 0.15) is 35.6 Å². The number of likely N-dealkylation sites (N-methyl/N-ethyl adjacent to an activating group) is 1. The number of benzene rings is 2. The minimum Gasteiger partial charge on any atom is -0.497 e. The largest absolute Gasteiger partial charge is 0.497 e. The molecular formula is C21H23IN2O4. The standard InChI is InChI=1S/C21H23IN2O4/c1-13-4-5-14(12-17(13)28-22)18(19(25)23-2)24-20(26)21(10-11-21)15-6-8-16(27-3)9-7-15/h4-9,12,18H,10-11H2,1-3H3,(H,23,25)(H,24,26). The monoisotopic (exact) mass is 494 g/mol. The van der Waals surface area contributed by atoms with Gasteiger partial charge in [0.1, 0.15) is 17.5 Å². The van der Waals surface area contributed by atoms with E-state index >= 15 is 0 Å². The molecule has 2 N–H and O–H groups in total. The smallest absolute Gasteiger partial charge is 0.246 e. The van der Waals surface area contributed by atoms with Crippen LogP contribution in [0.2, 0.25) is 0 Å². The fourth-order valence-corrected chi connectivity index (χ4v) is 3.75. The molecule has 2 aromatic rings. The van der Waals surface area contributed by atoms with E-state index < -0.39 is 11.5 Å². The van der Waals surface area contributed by atoms with Gasteiger partial charge in [0.25, 0.3) is 0 Å². The number of hydrogen-bond acceptors (Lipinski definition) is 4. The van der Waals surface area contributed by atoms with Crippen molar-refractivity contribution in [2.45, 2.75) is 31.2 Å². The summed E-state index contributed by atoms with van der Waals surface area (Å²) in [5, 5.41) is 5.58. The molecule has 28 heavy (non-hydrogen) atoms. The first-order chi connectivity index (χ1) is 13.4. The Balaban J connectivity index is 1.86. The van der Waals surface area contributed by atoms with Gasteiger partial charge in [0.15, 0.2) is 23.0 Å². The second-order valence-electron chi connectivity index (χ2n) is 6.93. The van der Waals surface area contributed by atoms with Crippen LogP contribution >= 0.6 is 23.0 Å². The molecule has 0 heterocycles. The predicted octanol–water partition coefficient (Wildman–Crippen LogP) is 3.37. The Bertz CT molecular complexity index is 878. The topological polar surface area (TPSA) is 76.7 Å². The third kappa shape index (κ3) is 3.94. The molecule has 148 valence electrons. The lowest BCUT2D eigenvalue weighted by Gasteiger charge is -2.23. The molecule has 3 rings (SSSR count). The van der Waals surface area contributed by atoms with Crippen molar-refractivity contribution >= 4 is 34.8 Å². The normalized spacial score (nSPS) is 15.3. The summed E-state index contributed by atoms with van der Waals surface area (Å²) in [4.78, 5) is 25.7. The van der Waals surface area contributed by atoms with Crippen molar-refractivity contribution in [3.8, 4) is 11.5 Å². The van der Waals surface area contributed by atoms with Gasteiger partial charge in [-0.15, -0.1) is 0 Å². The minimum atomic E-state index is -0.792. The molecule has 0 bridgehead atoms. The second-order valence-corrected chi connectivity index (χ2v) is 7.37. The zero-order chi connectivity index (χ0) is 20.3. The number of halogens is 1. The van der Waals surface area contributed by atoms with E-state index in [0.717, 1.165) is 29.7 Å². The number of nitrogens with one attached hydrogen (secondary N) is 2. The van der Waals surface area contributed by atoms with E-state index in [-0.39, 0.29) is 11.8 Å². The van der Waals surface area contributed by atoms with Gasteiger partial charge >= 0.3 is 0 Å². The van der Waals surface area contributed by atoms with E-state index in [1.807, 2.05) is 66.3 Å². The maximum atomic E-state index is 13.2. The van der Waals surface area contributed by atoms with Crippen LogP contribution in [0.15, 0.2) is 42.5 Å². The number of ether oxygens (including phenoxy) is 1. The van der Waals surface area contributed by atoms with E-state index in [9.17, 15) is 9.59 Å². The molecule has 0 spiro atoms. The molecule has 0 aliphatic heterocycles. The number of aryl methyl sites for hydroxylation is 1. The Kier molecular flexibility index (Phi) is 6.12. The summed E-state index contributed by atoms with van der Waals surface area (Å²) in [5.41, 5.74) is 1.97. The minimum absolute atomic E-state index is 0.149. The fraction of sp³-hybridized carbons (Fsp3) is 0.333. The van der Waals surface area contributed by atoms with Crippen molar-refractivity contribution in [2.24, 2.45) is 0 Å². The molecule has 1 atom stereocenters. The molecule has 0 radical (unpaired) electrons. The van der Waals surface area contributed by atoms with Crippen molar-refractivity contribution in [1.82, 2.24) is 10.6 Å². The third-order valence-electron chi connectivity index (χ3n) is 5.24. The van der Waals surface area contributed by atoms with E-state index in [1.165, 1.54) is 0 Å². The molecule has 6 nitrogen and oxygen atoms in total. The van der Waals surface area contributed by atoms with Crippen molar-refractivity contribution in [1.29, 1.82) is 0 Å². The molecule has 1 aliphatic rings. The Morgan fingerprint density at radius 2 is 1.82 bits per heavy atom. The quantitative estimate of drug-likeness (QED) is 0.579. The summed E-state index contributed by atoms with van der Waals surface area (Å²) in [5.74, 6) is 0.984. The fourth-order valence-electron chi connectivity index (χ4n) is 3.28. The summed E-state index contributed by atoms with van der Waals surface area (Å²) >= 11 is 1.81. The van der Waals surface area contributed by atoms with E-state index in [0.29, 0.717) is 11.3 Å². The van der Waals surface area contributed by atoms with Crippen LogP contribution < -0.4 is 18.4 Å². The van der Waals surface area contributed by atoms with Crippen molar-refractivity contribution < 1.29 is 17.4 Å². The van der Waals surface area contributed by atoms with Crippen LogP contribution in [0.4, 0.5) is 0 Å². The van der Waals surface area contributed by atoms with Crippen LogP contribution in [-0.2, 0) is 15.0 Å². The highest BCUT2D eigenvalue weighted by atomic mass is 127. The lowest BCUT2D eigenvalue weighted by atomic mass is 9.93. The summed E-state index contributed by atoms with van der Waals surface area (Å²) in [7, 11) is 3.17. The van der Waals surface area contributed by atoms with Crippen LogP contribution in [0.3, 0.4) is 0 Å². The zero-order valence-corrected chi connectivity index (χ0v) is 18.2. The zero-order valence-electron chi connectivity index (χ0n) is 16.0. The molecular weight excluding hydrogens is 471 g/mol. The summed E-state index contributed by atoms with van der Waals surface area (Å²) in [6.07, 6.45) is 1.50.